The van der Waals surface area contributed by atoms with E-state index in [0.29, 0.717) is 5.75 Å². The van der Waals surface area contributed by atoms with Gasteiger partial charge in [-0.15, -0.1) is 0 Å². The van der Waals surface area contributed by atoms with Gasteiger partial charge in [0, 0.05) is 5.75 Å². The van der Waals surface area contributed by atoms with Crippen LogP contribution >= 0.6 is 11.8 Å². The van der Waals surface area contributed by atoms with E-state index >= 15 is 0 Å². The molecule has 0 aliphatic carbocycles. The van der Waals surface area contributed by atoms with E-state index in [9.17, 15) is 9.59 Å². The van der Waals surface area contributed by atoms with Crippen LogP contribution in [0.15, 0.2) is 0 Å². The lowest BCUT2D eigenvalue weighted by atomic mass is 10.1. The first-order valence-electron chi connectivity index (χ1n) is 3.12. The van der Waals surface area contributed by atoms with Crippen molar-refractivity contribution in [3.8, 4) is 0 Å². The van der Waals surface area contributed by atoms with Crippen LogP contribution in [0.2, 0.25) is 0 Å². The largest absolute Gasteiger partial charge is 0.467 e. The average Bonchev–Trinajstić information content (AvgIpc) is 2.31. The van der Waals surface area contributed by atoms with E-state index in [1.54, 1.807) is 6.92 Å². The summed E-state index contributed by atoms with van der Waals surface area (Å²) >= 11 is 1.10. The van der Waals surface area contributed by atoms with Crippen molar-refractivity contribution in [2.75, 3.05) is 12.9 Å². The number of hydrogen-bond acceptors (Lipinski definition) is 4. The Morgan fingerprint density at radius 2 is 2.45 bits per heavy atom. The third kappa shape index (κ3) is 1.48. The molecule has 4 nitrogen and oxygen atoms in total. The minimum Gasteiger partial charge on any atom is -0.467 e. The lowest BCUT2D eigenvalue weighted by Gasteiger charge is -2.18. The highest BCUT2D eigenvalue weighted by molar-refractivity contribution is 8.14. The van der Waals surface area contributed by atoms with E-state index < -0.39 is 11.5 Å². The lowest BCUT2D eigenvalue weighted by molar-refractivity contribution is -0.146. The zero-order valence-electron chi connectivity index (χ0n) is 6.34. The minimum absolute atomic E-state index is 0.169. The Bertz CT molecular complexity index is 206. The van der Waals surface area contributed by atoms with Gasteiger partial charge in [0.2, 0.25) is 0 Å². The number of ether oxygens (including phenoxy) is 1. The summed E-state index contributed by atoms with van der Waals surface area (Å²) in [5, 5.41) is 2.36. The molecular weight excluding hydrogens is 166 g/mol. The monoisotopic (exact) mass is 175 g/mol. The fourth-order valence-electron chi connectivity index (χ4n) is 0.843. The zero-order chi connectivity index (χ0) is 8.48. The molecule has 1 unspecified atom stereocenters. The highest BCUT2D eigenvalue weighted by Gasteiger charge is 2.41. The number of rotatable bonds is 1. The number of methoxy groups -OCH3 is 1. The lowest BCUT2D eigenvalue weighted by Crippen LogP contribution is -2.48. The van der Waals surface area contributed by atoms with Crippen molar-refractivity contribution < 1.29 is 14.3 Å². The van der Waals surface area contributed by atoms with Gasteiger partial charge in [-0.1, -0.05) is 11.8 Å². The topological polar surface area (TPSA) is 55.4 Å². The molecule has 0 aromatic carbocycles. The normalized spacial score (nSPS) is 29.8. The zero-order valence-corrected chi connectivity index (χ0v) is 7.16. The third-order valence-corrected chi connectivity index (χ3v) is 2.59. The van der Waals surface area contributed by atoms with Crippen molar-refractivity contribution in [3.05, 3.63) is 0 Å². The van der Waals surface area contributed by atoms with Crippen LogP contribution in [0.4, 0.5) is 4.79 Å². The molecule has 0 radical (unpaired) electrons. The van der Waals surface area contributed by atoms with Gasteiger partial charge in [0.1, 0.15) is 5.54 Å². The second-order valence-corrected chi connectivity index (χ2v) is 3.47. The summed E-state index contributed by atoms with van der Waals surface area (Å²) in [6.45, 7) is 1.65. The predicted molar refractivity (Wildman–Crippen MR) is 41.4 cm³/mol. The molecule has 1 N–H and O–H groups in total. The summed E-state index contributed by atoms with van der Waals surface area (Å²) < 4.78 is 4.52. The molecule has 11 heavy (non-hydrogen) atoms. The van der Waals surface area contributed by atoms with Gasteiger partial charge >= 0.3 is 5.97 Å². The number of amides is 1. The van der Waals surface area contributed by atoms with Gasteiger partial charge in [0.25, 0.3) is 5.24 Å². The van der Waals surface area contributed by atoms with Gasteiger partial charge in [-0.25, -0.2) is 4.79 Å². The number of nitrogens with one attached hydrogen (secondary N) is 1. The van der Waals surface area contributed by atoms with Crippen molar-refractivity contribution in [1.29, 1.82) is 0 Å². The van der Waals surface area contributed by atoms with Crippen molar-refractivity contribution in [2.24, 2.45) is 0 Å². The van der Waals surface area contributed by atoms with E-state index in [4.69, 9.17) is 0 Å². The quantitative estimate of drug-likeness (QED) is 0.585. The van der Waals surface area contributed by atoms with Crippen LogP contribution in [0.25, 0.3) is 0 Å². The minimum atomic E-state index is -0.823. The van der Waals surface area contributed by atoms with Crippen molar-refractivity contribution in [1.82, 2.24) is 5.32 Å². The second-order valence-electron chi connectivity index (χ2n) is 2.52. The molecule has 1 atom stereocenters. The smallest absolute Gasteiger partial charge is 0.332 e. The maximum Gasteiger partial charge on any atom is 0.332 e. The first kappa shape index (κ1) is 8.39. The van der Waals surface area contributed by atoms with Crippen molar-refractivity contribution in [2.45, 2.75) is 12.5 Å². The van der Waals surface area contributed by atoms with Gasteiger partial charge < -0.3 is 10.1 Å². The summed E-state index contributed by atoms with van der Waals surface area (Å²) in [4.78, 5) is 21.8. The van der Waals surface area contributed by atoms with Crippen LogP contribution in [0.5, 0.6) is 0 Å². The first-order chi connectivity index (χ1) is 5.08. The third-order valence-electron chi connectivity index (χ3n) is 1.51. The average molecular weight is 175 g/mol. The number of hydrogen-bond donors (Lipinski definition) is 1. The molecule has 1 aliphatic rings. The molecule has 5 heteroatoms. The number of carbonyl (C=O) groups is 2. The summed E-state index contributed by atoms with van der Waals surface area (Å²) in [5.41, 5.74) is -0.823. The maximum absolute atomic E-state index is 11.0. The number of esters is 1. The van der Waals surface area contributed by atoms with Crippen molar-refractivity contribution >= 4 is 23.0 Å². The molecule has 0 aromatic rings. The van der Waals surface area contributed by atoms with Gasteiger partial charge in [-0.3, -0.25) is 4.79 Å². The van der Waals surface area contributed by atoms with Gasteiger partial charge in [0.15, 0.2) is 0 Å². The van der Waals surface area contributed by atoms with Crippen LogP contribution < -0.4 is 5.32 Å². The molecule has 1 rings (SSSR count). The van der Waals surface area contributed by atoms with Crippen LogP contribution in [0, 0.1) is 0 Å². The molecule has 1 amide bonds. The molecule has 1 saturated heterocycles. The van der Waals surface area contributed by atoms with E-state index in [0.717, 1.165) is 11.8 Å². The van der Waals surface area contributed by atoms with Gasteiger partial charge in [0.05, 0.1) is 7.11 Å². The van der Waals surface area contributed by atoms with Crippen LogP contribution in [-0.4, -0.2) is 29.6 Å². The molecular formula is C6H9NO3S. The Labute approximate surface area is 68.7 Å². The van der Waals surface area contributed by atoms with Gasteiger partial charge in [-0.05, 0) is 6.92 Å². The molecule has 1 fully saturated rings. The summed E-state index contributed by atoms with van der Waals surface area (Å²) in [7, 11) is 1.31. The summed E-state index contributed by atoms with van der Waals surface area (Å²) in [6, 6.07) is 0. The molecule has 1 aliphatic heterocycles. The number of thioether (sulfide) groups is 1. The van der Waals surface area contributed by atoms with Crippen LogP contribution in [0.3, 0.4) is 0 Å². The Hall–Kier alpha value is -0.710. The SMILES string of the molecule is COC(=O)C1(C)CSC(=O)N1. The molecule has 62 valence electrons. The van der Waals surface area contributed by atoms with E-state index in [-0.39, 0.29) is 5.24 Å². The highest BCUT2D eigenvalue weighted by Crippen LogP contribution is 2.23. The van der Waals surface area contributed by atoms with Crippen molar-refractivity contribution in [3.63, 3.8) is 0 Å². The van der Waals surface area contributed by atoms with E-state index in [2.05, 4.69) is 10.1 Å². The Morgan fingerprint density at radius 3 is 2.82 bits per heavy atom. The fraction of sp³-hybridized carbons (Fsp3) is 0.667. The number of carbonyl (C=O) groups excluding carboxylic acids is 2. The highest BCUT2D eigenvalue weighted by atomic mass is 32.2. The maximum atomic E-state index is 11.0. The molecule has 0 saturated carbocycles. The van der Waals surface area contributed by atoms with E-state index in [1.807, 2.05) is 0 Å². The fourth-order valence-corrected chi connectivity index (χ4v) is 1.75. The van der Waals surface area contributed by atoms with E-state index in [1.165, 1.54) is 7.11 Å². The first-order valence-corrected chi connectivity index (χ1v) is 4.10. The van der Waals surface area contributed by atoms with Crippen LogP contribution in [-0.2, 0) is 9.53 Å². The molecule has 0 aromatic heterocycles. The predicted octanol–water partition coefficient (Wildman–Crippen LogP) is 0.374. The summed E-state index contributed by atoms with van der Waals surface area (Å²) in [5.74, 6) is 0.0502. The summed E-state index contributed by atoms with van der Waals surface area (Å²) in [6.07, 6.45) is 0. The molecule has 0 bridgehead atoms. The molecule has 1 heterocycles. The Kier molecular flexibility index (Phi) is 2.08. The Balaban J connectivity index is 2.69. The second kappa shape index (κ2) is 2.73. The Morgan fingerprint density at radius 1 is 1.82 bits per heavy atom. The van der Waals surface area contributed by atoms with Crippen LogP contribution in [0.1, 0.15) is 6.92 Å². The standard InChI is InChI=1S/C6H9NO3S/c1-6(4(8)10-2)3-11-5(9)7-6/h3H2,1-2H3,(H,7,9). The molecule has 0 spiro atoms. The van der Waals surface area contributed by atoms with Gasteiger partial charge in [-0.2, -0.15) is 0 Å².